The first-order chi connectivity index (χ1) is 19.9. The molecule has 3 N–H and O–H groups in total. The van der Waals surface area contributed by atoms with E-state index in [9.17, 15) is 9.59 Å². The van der Waals surface area contributed by atoms with Gasteiger partial charge >= 0.3 is 0 Å². The fraction of sp³-hybridized carbons (Fsp3) is 0.500. The molecule has 2 aliphatic heterocycles. The molecule has 1 saturated heterocycles. The normalized spacial score (nSPS) is 17.0. The van der Waals surface area contributed by atoms with Crippen LogP contribution >= 0.6 is 12.4 Å². The molecular weight excluding hydrogens is 558 g/mol. The Bertz CT molecular complexity index is 1190. The van der Waals surface area contributed by atoms with E-state index in [1.807, 2.05) is 37.3 Å². The van der Waals surface area contributed by atoms with Gasteiger partial charge in [-0.1, -0.05) is 18.7 Å². The van der Waals surface area contributed by atoms with E-state index in [0.29, 0.717) is 69.4 Å². The Morgan fingerprint density at radius 1 is 0.929 bits per heavy atom. The second kappa shape index (κ2) is 17.1. The highest BCUT2D eigenvalue weighted by Gasteiger charge is 2.38. The van der Waals surface area contributed by atoms with Crippen molar-refractivity contribution in [2.24, 2.45) is 5.73 Å². The minimum absolute atomic E-state index is 0. The molecule has 4 rings (SSSR count). The topological polar surface area (TPSA) is 112 Å². The number of nitrogens with one attached hydrogen (secondary N) is 1. The number of allylic oxidation sites excluding steroid dienone is 1. The zero-order valence-corrected chi connectivity index (χ0v) is 25.3. The maximum atomic E-state index is 12.8. The van der Waals surface area contributed by atoms with E-state index in [1.54, 1.807) is 17.0 Å². The van der Waals surface area contributed by atoms with Crippen molar-refractivity contribution in [3.8, 4) is 11.5 Å². The molecule has 1 fully saturated rings. The van der Waals surface area contributed by atoms with Gasteiger partial charge in [0.15, 0.2) is 0 Å². The number of amides is 2. The maximum absolute atomic E-state index is 12.8. The van der Waals surface area contributed by atoms with Gasteiger partial charge in [-0.15, -0.1) is 12.4 Å². The summed E-state index contributed by atoms with van der Waals surface area (Å²) in [6.45, 7) is 9.79. The lowest BCUT2D eigenvalue weighted by Crippen LogP contribution is -2.49. The minimum atomic E-state index is -0.461. The zero-order chi connectivity index (χ0) is 29.0. The molecule has 2 aromatic rings. The Morgan fingerprint density at radius 3 is 2.43 bits per heavy atom. The Labute approximate surface area is 255 Å². The number of ether oxygens (including phenoxy) is 4. The van der Waals surface area contributed by atoms with Crippen molar-refractivity contribution < 1.29 is 28.5 Å². The number of hydrogen-bond acceptors (Lipinski definition) is 7. The Morgan fingerprint density at radius 2 is 1.64 bits per heavy atom. The van der Waals surface area contributed by atoms with Crippen molar-refractivity contribution in [3.63, 3.8) is 0 Å². The first kappa shape index (κ1) is 33.4. The van der Waals surface area contributed by atoms with Crippen molar-refractivity contribution in [2.45, 2.75) is 64.1 Å². The number of nitrogens with zero attached hydrogens (tertiary/aromatic N) is 1. The number of carbonyl (C=O) groups excluding carboxylic acids is 2. The van der Waals surface area contributed by atoms with Crippen LogP contribution in [-0.2, 0) is 20.8 Å². The number of hydrogen-bond donors (Lipinski definition) is 2. The number of carbonyl (C=O) groups is 2. The second-order valence-electron chi connectivity index (χ2n) is 10.6. The zero-order valence-electron chi connectivity index (χ0n) is 24.5. The first-order valence-corrected chi connectivity index (χ1v) is 14.6. The molecule has 2 aliphatic rings. The SMILES string of the molecule is C=C1CCC(N2Cc3cc(OCCOCCCOCCCCCOc4cccc([C@@H](C)N)c4)ccc3C2=O)C(=O)N1.Cl. The molecule has 0 spiro atoms. The summed E-state index contributed by atoms with van der Waals surface area (Å²) in [6.07, 6.45) is 5.16. The molecule has 2 atom stereocenters. The molecule has 2 amide bonds. The van der Waals surface area contributed by atoms with E-state index in [1.165, 1.54) is 0 Å². The number of nitrogens with two attached hydrogens (primary N) is 1. The maximum Gasteiger partial charge on any atom is 0.255 e. The van der Waals surface area contributed by atoms with E-state index in [-0.39, 0.29) is 30.3 Å². The molecule has 0 bridgehead atoms. The summed E-state index contributed by atoms with van der Waals surface area (Å²) in [5.74, 6) is 1.28. The number of unbranched alkanes of at least 4 members (excludes halogenated alkanes) is 2. The lowest BCUT2D eigenvalue weighted by Gasteiger charge is -2.30. The summed E-state index contributed by atoms with van der Waals surface area (Å²) in [6, 6.07) is 13.0. The highest BCUT2D eigenvalue weighted by molar-refractivity contribution is 6.01. The highest BCUT2D eigenvalue weighted by atomic mass is 35.5. The van der Waals surface area contributed by atoms with Gasteiger partial charge in [0.2, 0.25) is 5.91 Å². The molecule has 0 saturated carbocycles. The van der Waals surface area contributed by atoms with Crippen molar-refractivity contribution in [1.82, 2.24) is 10.2 Å². The second-order valence-corrected chi connectivity index (χ2v) is 10.6. The van der Waals surface area contributed by atoms with Crippen LogP contribution < -0.4 is 20.5 Å². The van der Waals surface area contributed by atoms with Crippen LogP contribution in [-0.4, -0.2) is 62.4 Å². The molecule has 0 radical (unpaired) electrons. The van der Waals surface area contributed by atoms with Gasteiger partial charge in [-0.3, -0.25) is 9.59 Å². The van der Waals surface area contributed by atoms with Gasteiger partial charge in [0.1, 0.15) is 24.1 Å². The average Bonchev–Trinajstić information content (AvgIpc) is 3.28. The monoisotopic (exact) mass is 601 g/mol. The van der Waals surface area contributed by atoms with E-state index < -0.39 is 6.04 Å². The fourth-order valence-electron chi connectivity index (χ4n) is 4.97. The van der Waals surface area contributed by atoms with Crippen LogP contribution in [0.15, 0.2) is 54.7 Å². The molecule has 0 aliphatic carbocycles. The van der Waals surface area contributed by atoms with Crippen LogP contribution in [0.1, 0.15) is 73.0 Å². The summed E-state index contributed by atoms with van der Waals surface area (Å²) < 4.78 is 23.0. The van der Waals surface area contributed by atoms with Crippen molar-refractivity contribution >= 4 is 24.2 Å². The van der Waals surface area contributed by atoms with Crippen molar-refractivity contribution in [3.05, 3.63) is 71.4 Å². The van der Waals surface area contributed by atoms with Crippen LogP contribution in [0.3, 0.4) is 0 Å². The van der Waals surface area contributed by atoms with Crippen LogP contribution in [0.5, 0.6) is 11.5 Å². The standard InChI is InChI=1S/C32H43N3O6.ClH/c1-23-10-13-30(31(36)34-23)35-22-26-21-28(11-12-29(26)32(35)37)41-19-18-39-16-7-15-38-14-4-3-5-17-40-27-9-6-8-25(20-27)24(2)33;/h6,8-9,11-12,20-21,24,30H,1,3-5,7,10,13-19,22,33H2,2H3,(H,34,36);1H/t24-,30?;/m1./s1. The lowest BCUT2D eigenvalue weighted by molar-refractivity contribution is -0.126. The minimum Gasteiger partial charge on any atom is -0.494 e. The van der Waals surface area contributed by atoms with Gasteiger partial charge in [0.05, 0.1) is 13.2 Å². The van der Waals surface area contributed by atoms with Crippen LogP contribution in [0.4, 0.5) is 0 Å². The Balaban J connectivity index is 0.00000484. The third-order valence-electron chi connectivity index (χ3n) is 7.27. The van der Waals surface area contributed by atoms with Gasteiger partial charge in [-0.25, -0.2) is 0 Å². The molecule has 1 unspecified atom stereocenters. The van der Waals surface area contributed by atoms with Gasteiger partial charge in [0.25, 0.3) is 5.91 Å². The average molecular weight is 602 g/mol. The highest BCUT2D eigenvalue weighted by Crippen LogP contribution is 2.30. The quantitative estimate of drug-likeness (QED) is 0.247. The van der Waals surface area contributed by atoms with Gasteiger partial charge in [-0.05, 0) is 86.9 Å². The Kier molecular flexibility index (Phi) is 13.6. The summed E-state index contributed by atoms with van der Waals surface area (Å²) in [7, 11) is 0. The summed E-state index contributed by atoms with van der Waals surface area (Å²) in [5, 5.41) is 2.76. The predicted octanol–water partition coefficient (Wildman–Crippen LogP) is 4.93. The van der Waals surface area contributed by atoms with E-state index in [2.05, 4.69) is 11.9 Å². The number of fused-ring (bicyclic) bond motifs is 1. The third-order valence-corrected chi connectivity index (χ3v) is 7.27. The van der Waals surface area contributed by atoms with Crippen LogP contribution in [0, 0.1) is 0 Å². The molecule has 0 aromatic heterocycles. The lowest BCUT2D eigenvalue weighted by atomic mass is 10.0. The van der Waals surface area contributed by atoms with Gasteiger partial charge < -0.3 is 34.9 Å². The van der Waals surface area contributed by atoms with Crippen LogP contribution in [0.25, 0.3) is 0 Å². The van der Waals surface area contributed by atoms with E-state index >= 15 is 0 Å². The van der Waals surface area contributed by atoms with Crippen LogP contribution in [0.2, 0.25) is 0 Å². The largest absolute Gasteiger partial charge is 0.494 e. The third kappa shape index (κ3) is 9.73. The predicted molar refractivity (Wildman–Crippen MR) is 164 cm³/mol. The van der Waals surface area contributed by atoms with E-state index in [4.69, 9.17) is 24.7 Å². The van der Waals surface area contributed by atoms with E-state index in [0.717, 1.165) is 49.2 Å². The Hall–Kier alpha value is -3.11. The molecule has 42 heavy (non-hydrogen) atoms. The summed E-state index contributed by atoms with van der Waals surface area (Å²) >= 11 is 0. The summed E-state index contributed by atoms with van der Waals surface area (Å²) in [4.78, 5) is 26.8. The number of benzene rings is 2. The van der Waals surface area contributed by atoms with Crippen molar-refractivity contribution in [2.75, 3.05) is 39.6 Å². The molecule has 9 nitrogen and oxygen atoms in total. The molecular formula is C32H44ClN3O6. The number of halogens is 1. The molecule has 2 aromatic carbocycles. The van der Waals surface area contributed by atoms with Crippen molar-refractivity contribution in [1.29, 1.82) is 0 Å². The molecule has 230 valence electrons. The number of piperidine rings is 1. The van der Waals surface area contributed by atoms with Gasteiger partial charge in [-0.2, -0.15) is 0 Å². The molecule has 2 heterocycles. The smallest absolute Gasteiger partial charge is 0.255 e. The first-order valence-electron chi connectivity index (χ1n) is 14.6. The number of rotatable bonds is 17. The summed E-state index contributed by atoms with van der Waals surface area (Å²) in [5.41, 5.74) is 9.21. The molecule has 10 heteroatoms. The van der Waals surface area contributed by atoms with Gasteiger partial charge in [0, 0.05) is 43.7 Å². The fourth-order valence-corrected chi connectivity index (χ4v) is 4.97.